The summed E-state index contributed by atoms with van der Waals surface area (Å²) < 4.78 is 5.22. The molecule has 0 unspecified atom stereocenters. The second kappa shape index (κ2) is 8.21. The third kappa shape index (κ3) is 4.64. The van der Waals surface area contributed by atoms with Crippen molar-refractivity contribution in [1.82, 2.24) is 25.3 Å². The van der Waals surface area contributed by atoms with Crippen LogP contribution < -0.4 is 5.32 Å². The molecule has 1 saturated heterocycles. The van der Waals surface area contributed by atoms with E-state index < -0.39 is 0 Å². The molecule has 3 rings (SSSR count). The topological polar surface area (TPSA) is 91.6 Å². The van der Waals surface area contributed by atoms with E-state index in [0.29, 0.717) is 57.3 Å². The lowest BCUT2D eigenvalue weighted by Crippen LogP contribution is -2.50. The molecule has 9 heteroatoms. The number of nitrogens with one attached hydrogen (secondary N) is 1. The Morgan fingerprint density at radius 3 is 2.80 bits per heavy atom. The van der Waals surface area contributed by atoms with Crippen LogP contribution in [0.2, 0.25) is 0 Å². The maximum Gasteiger partial charge on any atom is 0.233 e. The zero-order valence-corrected chi connectivity index (χ0v) is 14.9. The molecular weight excluding hydrogens is 342 g/mol. The molecule has 1 N–H and O–H groups in total. The highest BCUT2D eigenvalue weighted by Crippen LogP contribution is 2.21. The lowest BCUT2D eigenvalue weighted by atomic mass is 10.2. The van der Waals surface area contributed by atoms with E-state index in [9.17, 15) is 9.59 Å². The van der Waals surface area contributed by atoms with Gasteiger partial charge in [0.25, 0.3) is 0 Å². The summed E-state index contributed by atoms with van der Waals surface area (Å²) in [5.41, 5.74) is 0. The van der Waals surface area contributed by atoms with Gasteiger partial charge in [0.1, 0.15) is 0 Å². The van der Waals surface area contributed by atoms with Gasteiger partial charge in [0.15, 0.2) is 0 Å². The first-order valence-corrected chi connectivity index (χ1v) is 9.11. The van der Waals surface area contributed by atoms with Crippen molar-refractivity contribution in [2.75, 3.05) is 39.8 Å². The van der Waals surface area contributed by atoms with E-state index in [0.717, 1.165) is 4.88 Å². The average molecular weight is 363 g/mol. The Morgan fingerprint density at radius 2 is 2.12 bits per heavy atom. The number of rotatable bonds is 6. The molecule has 2 aromatic rings. The van der Waals surface area contributed by atoms with Crippen molar-refractivity contribution < 1.29 is 14.1 Å². The summed E-state index contributed by atoms with van der Waals surface area (Å²) in [6, 6.07) is 3.87. The first-order chi connectivity index (χ1) is 12.2. The number of carbonyl (C=O) groups is 2. The van der Waals surface area contributed by atoms with Crippen LogP contribution in [0.15, 0.2) is 22.0 Å². The number of hydrogen-bond acceptors (Lipinski definition) is 7. The smallest absolute Gasteiger partial charge is 0.233 e. The fourth-order valence-corrected chi connectivity index (χ4v) is 3.32. The highest BCUT2D eigenvalue weighted by Gasteiger charge is 2.22. The molecule has 25 heavy (non-hydrogen) atoms. The Balaban J connectivity index is 1.43. The second-order valence-corrected chi connectivity index (χ2v) is 6.77. The van der Waals surface area contributed by atoms with Crippen molar-refractivity contribution in [3.05, 3.63) is 23.4 Å². The van der Waals surface area contributed by atoms with Gasteiger partial charge in [-0.3, -0.25) is 14.5 Å². The zero-order valence-electron chi connectivity index (χ0n) is 14.1. The summed E-state index contributed by atoms with van der Waals surface area (Å²) in [5.74, 6) is 1.13. The minimum absolute atomic E-state index is 0.00212. The van der Waals surface area contributed by atoms with E-state index in [1.165, 1.54) is 0 Å². The van der Waals surface area contributed by atoms with Crippen molar-refractivity contribution in [3.8, 4) is 10.7 Å². The van der Waals surface area contributed by atoms with Crippen LogP contribution in [0.4, 0.5) is 0 Å². The van der Waals surface area contributed by atoms with Gasteiger partial charge < -0.3 is 14.7 Å². The van der Waals surface area contributed by atoms with E-state index in [4.69, 9.17) is 4.52 Å². The molecule has 0 spiro atoms. The number of carbonyl (C=O) groups excluding carboxylic acids is 2. The minimum atomic E-state index is -0.00212. The van der Waals surface area contributed by atoms with Crippen LogP contribution in [0.5, 0.6) is 0 Å². The monoisotopic (exact) mass is 363 g/mol. The summed E-state index contributed by atoms with van der Waals surface area (Å²) >= 11 is 1.55. The molecule has 0 aromatic carbocycles. The van der Waals surface area contributed by atoms with Gasteiger partial charge >= 0.3 is 0 Å². The summed E-state index contributed by atoms with van der Waals surface area (Å²) in [4.78, 5) is 32.9. The van der Waals surface area contributed by atoms with Crippen molar-refractivity contribution in [2.24, 2.45) is 0 Å². The molecule has 134 valence electrons. The first kappa shape index (κ1) is 17.6. The Kier molecular flexibility index (Phi) is 5.77. The summed E-state index contributed by atoms with van der Waals surface area (Å²) in [6.07, 6.45) is 0.789. The molecule has 8 nitrogen and oxygen atoms in total. The molecule has 1 fully saturated rings. The van der Waals surface area contributed by atoms with Crippen LogP contribution >= 0.6 is 11.3 Å². The molecule has 0 atom stereocenters. The number of amides is 2. The Morgan fingerprint density at radius 1 is 1.32 bits per heavy atom. The van der Waals surface area contributed by atoms with E-state index in [-0.39, 0.29) is 11.8 Å². The molecule has 1 aliphatic rings. The largest absolute Gasteiger partial charge is 0.358 e. The van der Waals surface area contributed by atoms with Crippen LogP contribution in [0, 0.1) is 0 Å². The lowest BCUT2D eigenvalue weighted by Gasteiger charge is -2.34. The predicted molar refractivity (Wildman–Crippen MR) is 93.0 cm³/mol. The maximum absolute atomic E-state index is 12.3. The van der Waals surface area contributed by atoms with Crippen molar-refractivity contribution in [2.45, 2.75) is 12.8 Å². The minimum Gasteiger partial charge on any atom is -0.358 e. The van der Waals surface area contributed by atoms with E-state index in [1.54, 1.807) is 18.4 Å². The van der Waals surface area contributed by atoms with Crippen LogP contribution in [-0.2, 0) is 16.0 Å². The van der Waals surface area contributed by atoms with Crippen LogP contribution in [0.3, 0.4) is 0 Å². The number of piperazine rings is 1. The molecule has 2 amide bonds. The number of likely N-dealkylation sites (N-methyl/N-ethyl adjacent to an activating group) is 1. The highest BCUT2D eigenvalue weighted by molar-refractivity contribution is 7.13. The van der Waals surface area contributed by atoms with Crippen molar-refractivity contribution in [3.63, 3.8) is 0 Å². The molecule has 0 bridgehead atoms. The normalized spacial score (nSPS) is 15.3. The maximum atomic E-state index is 12.3. The van der Waals surface area contributed by atoms with E-state index in [2.05, 4.69) is 15.5 Å². The number of aromatic nitrogens is 2. The molecule has 2 aromatic heterocycles. The Bertz CT molecular complexity index is 707. The van der Waals surface area contributed by atoms with Gasteiger partial charge in [-0.05, 0) is 11.4 Å². The highest BCUT2D eigenvalue weighted by atomic mass is 32.1. The third-order valence-corrected chi connectivity index (χ3v) is 5.00. The van der Waals surface area contributed by atoms with Gasteiger partial charge in [0, 0.05) is 46.1 Å². The third-order valence-electron chi connectivity index (χ3n) is 4.13. The van der Waals surface area contributed by atoms with Crippen LogP contribution in [-0.4, -0.2) is 71.5 Å². The number of hydrogen-bond donors (Lipinski definition) is 1. The van der Waals surface area contributed by atoms with Gasteiger partial charge in [0.05, 0.1) is 11.4 Å². The van der Waals surface area contributed by atoms with Crippen LogP contribution in [0.25, 0.3) is 10.7 Å². The van der Waals surface area contributed by atoms with Gasteiger partial charge in [-0.15, -0.1) is 11.3 Å². The standard InChI is InChI=1S/C16H21N5O3S/c1-17-13(22)11-20-6-8-21(9-7-20)15(23)5-4-14-18-16(19-24-14)12-3-2-10-25-12/h2-3,10H,4-9,11H2,1H3,(H,17,22). The summed E-state index contributed by atoms with van der Waals surface area (Å²) in [6.45, 7) is 3.08. The second-order valence-electron chi connectivity index (χ2n) is 5.82. The SMILES string of the molecule is CNC(=O)CN1CCN(C(=O)CCc2nc(-c3cccs3)no2)CC1. The fraction of sp³-hybridized carbons (Fsp3) is 0.500. The van der Waals surface area contributed by atoms with Crippen LogP contribution in [0.1, 0.15) is 12.3 Å². The molecule has 0 radical (unpaired) electrons. The molecular formula is C16H21N5O3S. The molecule has 0 aliphatic carbocycles. The Hall–Kier alpha value is -2.26. The van der Waals surface area contributed by atoms with Gasteiger partial charge in [-0.1, -0.05) is 11.2 Å². The quantitative estimate of drug-likeness (QED) is 0.809. The zero-order chi connectivity index (χ0) is 17.6. The van der Waals surface area contributed by atoms with E-state index in [1.807, 2.05) is 27.3 Å². The summed E-state index contributed by atoms with van der Waals surface area (Å²) in [5, 5.41) is 8.52. The lowest BCUT2D eigenvalue weighted by molar-refractivity contribution is -0.133. The van der Waals surface area contributed by atoms with Gasteiger partial charge in [-0.25, -0.2) is 0 Å². The van der Waals surface area contributed by atoms with E-state index >= 15 is 0 Å². The van der Waals surface area contributed by atoms with Gasteiger partial charge in [-0.2, -0.15) is 4.98 Å². The fourth-order valence-electron chi connectivity index (χ4n) is 2.67. The molecule has 1 aliphatic heterocycles. The van der Waals surface area contributed by atoms with Gasteiger partial charge in [0.2, 0.25) is 23.5 Å². The van der Waals surface area contributed by atoms with Crippen molar-refractivity contribution >= 4 is 23.2 Å². The molecule has 3 heterocycles. The molecule has 0 saturated carbocycles. The summed E-state index contributed by atoms with van der Waals surface area (Å²) in [7, 11) is 1.63. The predicted octanol–water partition coefficient (Wildman–Crippen LogP) is 0.621. The first-order valence-electron chi connectivity index (χ1n) is 8.23. The van der Waals surface area contributed by atoms with Crippen molar-refractivity contribution in [1.29, 1.82) is 0 Å². The average Bonchev–Trinajstić information content (AvgIpc) is 3.31. The number of thiophene rings is 1. The number of aryl methyl sites for hydroxylation is 1. The Labute approximate surface area is 149 Å². The number of nitrogens with zero attached hydrogens (tertiary/aromatic N) is 4.